The van der Waals surface area contributed by atoms with Crippen LogP contribution >= 0.6 is 22.9 Å². The molecule has 1 aromatic heterocycles. The van der Waals surface area contributed by atoms with Gasteiger partial charge < -0.3 is 18.9 Å². The quantitative estimate of drug-likeness (QED) is 0.208. The Morgan fingerprint density at radius 3 is 2.42 bits per heavy atom. The van der Waals surface area contributed by atoms with E-state index in [1.165, 1.54) is 23.0 Å². The van der Waals surface area contributed by atoms with E-state index in [-0.39, 0.29) is 34.1 Å². The van der Waals surface area contributed by atoms with Crippen LogP contribution in [0.5, 0.6) is 17.2 Å². The highest BCUT2D eigenvalue weighted by molar-refractivity contribution is 7.07. The summed E-state index contributed by atoms with van der Waals surface area (Å²) in [6.45, 7) is 3.64. The summed E-state index contributed by atoms with van der Waals surface area (Å²) in [5, 5.41) is 0.271. The highest BCUT2D eigenvalue weighted by atomic mass is 35.5. The number of thiazole rings is 1. The minimum Gasteiger partial charge on any atom is -0.497 e. The molecule has 0 bridgehead atoms. The molecular formula is C32H27ClN2O7S. The molecule has 1 aliphatic heterocycles. The maximum atomic E-state index is 13.9. The van der Waals surface area contributed by atoms with Gasteiger partial charge >= 0.3 is 11.9 Å². The van der Waals surface area contributed by atoms with Gasteiger partial charge in [-0.2, -0.15) is 0 Å². The average molecular weight is 619 g/mol. The van der Waals surface area contributed by atoms with Gasteiger partial charge in [-0.15, -0.1) is 0 Å². The molecule has 11 heteroatoms. The molecule has 0 N–H and O–H groups in total. The monoisotopic (exact) mass is 618 g/mol. The molecule has 1 atom stereocenters. The van der Waals surface area contributed by atoms with Crippen LogP contribution in [0.3, 0.4) is 0 Å². The van der Waals surface area contributed by atoms with Crippen LogP contribution < -0.4 is 29.1 Å². The Labute approximate surface area is 255 Å². The van der Waals surface area contributed by atoms with Crippen molar-refractivity contribution in [1.82, 2.24) is 4.57 Å². The lowest BCUT2D eigenvalue weighted by Crippen LogP contribution is -2.39. The summed E-state index contributed by atoms with van der Waals surface area (Å²) in [7, 11) is 3.02. The lowest BCUT2D eigenvalue weighted by Gasteiger charge is -2.24. The van der Waals surface area contributed by atoms with E-state index in [9.17, 15) is 14.4 Å². The Bertz CT molecular complexity index is 1930. The van der Waals surface area contributed by atoms with Gasteiger partial charge in [0, 0.05) is 0 Å². The largest absolute Gasteiger partial charge is 0.497 e. The van der Waals surface area contributed by atoms with Crippen molar-refractivity contribution in [2.75, 3.05) is 20.8 Å². The lowest BCUT2D eigenvalue weighted by molar-refractivity contribution is -0.139. The Kier molecular flexibility index (Phi) is 8.79. The van der Waals surface area contributed by atoms with Crippen LogP contribution in [0.4, 0.5) is 0 Å². The molecule has 1 aliphatic rings. The SMILES string of the molecule is CCOC(=O)C1=C(C)N=c2s/c(=C\c3ccc(OC(=O)c4ccccc4Cl)c(OC)c3)c(=O)n2[C@@H]1c1ccc(OC)cc1. The van der Waals surface area contributed by atoms with Gasteiger partial charge in [-0.25, -0.2) is 14.6 Å². The zero-order chi connectivity index (χ0) is 30.7. The van der Waals surface area contributed by atoms with E-state index in [2.05, 4.69) is 4.99 Å². The highest BCUT2D eigenvalue weighted by Gasteiger charge is 2.33. The van der Waals surface area contributed by atoms with Crippen molar-refractivity contribution < 1.29 is 28.5 Å². The highest BCUT2D eigenvalue weighted by Crippen LogP contribution is 2.32. The first-order valence-corrected chi connectivity index (χ1v) is 14.4. The minimum atomic E-state index is -0.746. The van der Waals surface area contributed by atoms with Crippen molar-refractivity contribution in [3.63, 3.8) is 0 Å². The number of benzene rings is 3. The van der Waals surface area contributed by atoms with Gasteiger partial charge in [-0.05, 0) is 67.4 Å². The van der Waals surface area contributed by atoms with E-state index in [0.717, 1.165) is 0 Å². The molecule has 4 aromatic rings. The number of carbonyl (C=O) groups is 2. The van der Waals surface area contributed by atoms with E-state index >= 15 is 0 Å². The summed E-state index contributed by atoms with van der Waals surface area (Å²) in [4.78, 5) is 44.7. The number of esters is 2. The Morgan fingerprint density at radius 1 is 1.00 bits per heavy atom. The van der Waals surface area contributed by atoms with Gasteiger partial charge in [-0.1, -0.05) is 53.3 Å². The summed E-state index contributed by atoms with van der Waals surface area (Å²) >= 11 is 7.33. The van der Waals surface area contributed by atoms with E-state index in [0.29, 0.717) is 37.7 Å². The van der Waals surface area contributed by atoms with Crippen molar-refractivity contribution in [3.8, 4) is 17.2 Å². The van der Waals surface area contributed by atoms with Gasteiger partial charge in [-0.3, -0.25) is 9.36 Å². The van der Waals surface area contributed by atoms with E-state index in [1.807, 2.05) is 12.1 Å². The van der Waals surface area contributed by atoms with Gasteiger partial charge in [0.15, 0.2) is 16.3 Å². The molecule has 0 amide bonds. The standard InChI is InChI=1S/C32H27ClN2O7S/c1-5-41-31(38)27-18(2)34-32-35(28(27)20-11-13-21(39-3)14-12-20)29(36)26(43-32)17-19-10-15-24(25(16-19)40-4)42-30(37)22-8-6-7-9-23(22)33/h6-17,28H,5H2,1-4H3/b26-17-/t28-/m1/s1. The van der Waals surface area contributed by atoms with Crippen LogP contribution in [-0.4, -0.2) is 37.3 Å². The molecule has 9 nitrogen and oxygen atoms in total. The summed E-state index contributed by atoms with van der Waals surface area (Å²) in [5.41, 5.74) is 1.99. The number of aromatic nitrogens is 1. The second kappa shape index (κ2) is 12.7. The Hall–Kier alpha value is -4.67. The molecule has 2 heterocycles. The molecule has 3 aromatic carbocycles. The van der Waals surface area contributed by atoms with Gasteiger partial charge in [0.25, 0.3) is 5.56 Å². The number of methoxy groups -OCH3 is 2. The molecular weight excluding hydrogens is 592 g/mol. The summed E-state index contributed by atoms with van der Waals surface area (Å²) in [5.74, 6) is -0.0371. The molecule has 0 fully saturated rings. The van der Waals surface area contributed by atoms with Crippen molar-refractivity contribution >= 4 is 41.0 Å². The van der Waals surface area contributed by atoms with Crippen LogP contribution in [0.15, 0.2) is 87.8 Å². The minimum absolute atomic E-state index is 0.181. The Morgan fingerprint density at radius 2 is 1.74 bits per heavy atom. The molecule has 0 radical (unpaired) electrons. The van der Waals surface area contributed by atoms with Gasteiger partial charge in [0.1, 0.15) is 5.75 Å². The third-order valence-corrected chi connectivity index (χ3v) is 8.04. The fraction of sp³-hybridized carbons (Fsp3) is 0.188. The van der Waals surface area contributed by atoms with Crippen LogP contribution in [0, 0.1) is 0 Å². The maximum Gasteiger partial charge on any atom is 0.345 e. The predicted molar refractivity (Wildman–Crippen MR) is 163 cm³/mol. The topological polar surface area (TPSA) is 105 Å². The smallest absolute Gasteiger partial charge is 0.345 e. The molecule has 0 aliphatic carbocycles. The number of halogens is 1. The van der Waals surface area contributed by atoms with Crippen LogP contribution in [0.25, 0.3) is 6.08 Å². The van der Waals surface area contributed by atoms with Gasteiger partial charge in [0.2, 0.25) is 0 Å². The molecule has 0 saturated heterocycles. The zero-order valence-electron chi connectivity index (χ0n) is 23.8. The molecule has 220 valence electrons. The zero-order valence-corrected chi connectivity index (χ0v) is 25.3. The first-order valence-electron chi connectivity index (χ1n) is 13.2. The molecule has 5 rings (SSSR count). The van der Waals surface area contributed by atoms with Gasteiger partial charge in [0.05, 0.1) is 53.3 Å². The third kappa shape index (κ3) is 5.97. The molecule has 0 unspecified atom stereocenters. The second-order valence-electron chi connectivity index (χ2n) is 9.36. The molecule has 0 spiro atoms. The average Bonchev–Trinajstić information content (AvgIpc) is 3.31. The predicted octanol–water partition coefficient (Wildman–Crippen LogP) is 4.69. The number of hydrogen-bond acceptors (Lipinski definition) is 9. The number of fused-ring (bicyclic) bond motifs is 1. The maximum absolute atomic E-state index is 13.9. The molecule has 0 saturated carbocycles. The fourth-order valence-corrected chi connectivity index (χ4v) is 5.94. The normalized spacial score (nSPS) is 14.5. The first-order chi connectivity index (χ1) is 20.7. The second-order valence-corrected chi connectivity index (χ2v) is 10.8. The summed E-state index contributed by atoms with van der Waals surface area (Å²) < 4.78 is 23.6. The van der Waals surface area contributed by atoms with Crippen molar-refractivity contribution in [2.45, 2.75) is 19.9 Å². The fourth-order valence-electron chi connectivity index (χ4n) is 4.68. The van der Waals surface area contributed by atoms with Crippen LogP contribution in [0.1, 0.15) is 41.4 Å². The van der Waals surface area contributed by atoms with Crippen molar-refractivity contribution in [2.24, 2.45) is 4.99 Å². The van der Waals surface area contributed by atoms with Crippen molar-refractivity contribution in [3.05, 3.63) is 119 Å². The molecule has 43 heavy (non-hydrogen) atoms. The van der Waals surface area contributed by atoms with Crippen LogP contribution in [0.2, 0.25) is 5.02 Å². The number of carbonyl (C=O) groups excluding carboxylic acids is 2. The first kappa shape index (κ1) is 29.8. The van der Waals surface area contributed by atoms with Crippen LogP contribution in [-0.2, 0) is 9.53 Å². The Balaban J connectivity index is 1.56. The van der Waals surface area contributed by atoms with E-state index in [4.69, 9.17) is 30.5 Å². The lowest BCUT2D eigenvalue weighted by atomic mass is 9.96. The number of ether oxygens (including phenoxy) is 4. The van der Waals surface area contributed by atoms with Crippen molar-refractivity contribution in [1.29, 1.82) is 0 Å². The number of rotatable bonds is 8. The number of nitrogens with zero attached hydrogens (tertiary/aromatic N) is 2. The number of hydrogen-bond donors (Lipinski definition) is 0. The van der Waals surface area contributed by atoms with E-state index < -0.39 is 18.0 Å². The summed E-state index contributed by atoms with van der Waals surface area (Å²) in [6.07, 6.45) is 1.69. The summed E-state index contributed by atoms with van der Waals surface area (Å²) in [6, 6.07) is 17.9. The van der Waals surface area contributed by atoms with E-state index in [1.54, 1.807) is 81.6 Å². The third-order valence-electron chi connectivity index (χ3n) is 6.73. The number of allylic oxidation sites excluding steroid dienone is 1.